The maximum absolute atomic E-state index is 13.2. The summed E-state index contributed by atoms with van der Waals surface area (Å²) in [6, 6.07) is 9.46. The molecule has 0 saturated carbocycles. The number of amidine groups is 1. The van der Waals surface area contributed by atoms with E-state index in [-0.39, 0.29) is 30.6 Å². The van der Waals surface area contributed by atoms with Crippen LogP contribution < -0.4 is 0 Å². The van der Waals surface area contributed by atoms with Gasteiger partial charge in [0.05, 0.1) is 43.1 Å². The number of methoxy groups -OCH3 is 1. The first kappa shape index (κ1) is 22.6. The lowest BCUT2D eigenvalue weighted by molar-refractivity contribution is -0.142. The van der Waals surface area contributed by atoms with E-state index >= 15 is 0 Å². The summed E-state index contributed by atoms with van der Waals surface area (Å²) >= 11 is 1.50. The van der Waals surface area contributed by atoms with Crippen molar-refractivity contribution in [2.45, 2.75) is 51.9 Å². The highest BCUT2D eigenvalue weighted by Gasteiger charge is 2.42. The zero-order valence-corrected chi connectivity index (χ0v) is 19.7. The second-order valence-electron chi connectivity index (χ2n) is 8.24. The van der Waals surface area contributed by atoms with Gasteiger partial charge in [0.1, 0.15) is 0 Å². The molecule has 3 atom stereocenters. The van der Waals surface area contributed by atoms with E-state index < -0.39 is 5.97 Å². The van der Waals surface area contributed by atoms with E-state index in [9.17, 15) is 9.59 Å². The summed E-state index contributed by atoms with van der Waals surface area (Å²) in [5, 5.41) is 2.77. The predicted molar refractivity (Wildman–Crippen MR) is 125 cm³/mol. The van der Waals surface area contributed by atoms with Crippen LogP contribution in [-0.2, 0) is 19.1 Å². The van der Waals surface area contributed by atoms with Crippen LogP contribution >= 0.6 is 11.8 Å². The van der Waals surface area contributed by atoms with Gasteiger partial charge >= 0.3 is 5.97 Å². The van der Waals surface area contributed by atoms with E-state index in [1.54, 1.807) is 0 Å². The van der Waals surface area contributed by atoms with E-state index in [0.717, 1.165) is 22.1 Å². The number of esters is 1. The van der Waals surface area contributed by atoms with E-state index in [4.69, 9.17) is 14.5 Å². The van der Waals surface area contributed by atoms with E-state index in [1.165, 1.54) is 18.9 Å². The van der Waals surface area contributed by atoms with Gasteiger partial charge in [0, 0.05) is 18.8 Å². The quantitative estimate of drug-likeness (QED) is 0.628. The van der Waals surface area contributed by atoms with Crippen LogP contribution in [0.15, 0.2) is 57.7 Å². The van der Waals surface area contributed by atoms with Crippen LogP contribution in [0.5, 0.6) is 0 Å². The van der Waals surface area contributed by atoms with E-state index in [1.807, 2.05) is 66.3 Å². The van der Waals surface area contributed by atoms with Gasteiger partial charge in [-0.15, -0.1) is 0 Å². The van der Waals surface area contributed by atoms with Crippen molar-refractivity contribution < 1.29 is 19.1 Å². The van der Waals surface area contributed by atoms with Crippen molar-refractivity contribution in [2.75, 3.05) is 20.2 Å². The van der Waals surface area contributed by atoms with Gasteiger partial charge in [-0.3, -0.25) is 4.79 Å². The molecule has 0 aliphatic carbocycles. The van der Waals surface area contributed by atoms with Crippen molar-refractivity contribution in [1.29, 1.82) is 0 Å². The number of fused-ring (bicyclic) bond motifs is 1. The first-order valence-electron chi connectivity index (χ1n) is 11.0. The molecule has 3 aliphatic rings. The standard InChI is InChI=1S/C24H29N3O4S/c1-5-19-21(23(29)30-4)22(17-9-7-6-8-10-17)27-18(14-32-24(27)25-19)11-20(28)26-12-15(2)31-16(3)13-26/h6-10,14-16,22H,5,11-13H2,1-4H3/t15-,16+,22-/m1/s1. The lowest BCUT2D eigenvalue weighted by Gasteiger charge is -2.38. The molecule has 0 radical (unpaired) electrons. The fourth-order valence-electron chi connectivity index (χ4n) is 4.51. The van der Waals surface area contributed by atoms with Gasteiger partial charge in [0.2, 0.25) is 5.91 Å². The second kappa shape index (κ2) is 9.50. The zero-order valence-electron chi connectivity index (χ0n) is 18.9. The molecule has 3 aliphatic heterocycles. The number of carbonyl (C=O) groups excluding carboxylic acids is 2. The van der Waals surface area contributed by atoms with Crippen molar-refractivity contribution in [3.8, 4) is 0 Å². The average molecular weight is 456 g/mol. The maximum Gasteiger partial charge on any atom is 0.338 e. The molecule has 1 saturated heterocycles. The van der Waals surface area contributed by atoms with Crippen LogP contribution in [-0.4, -0.2) is 59.3 Å². The monoisotopic (exact) mass is 455 g/mol. The van der Waals surface area contributed by atoms with Crippen molar-refractivity contribution in [2.24, 2.45) is 4.99 Å². The summed E-state index contributed by atoms with van der Waals surface area (Å²) in [4.78, 5) is 34.7. The van der Waals surface area contributed by atoms with Gasteiger partial charge in [0.25, 0.3) is 0 Å². The highest BCUT2D eigenvalue weighted by Crippen LogP contribution is 2.45. The molecule has 7 nitrogen and oxygen atoms in total. The largest absolute Gasteiger partial charge is 0.466 e. The lowest BCUT2D eigenvalue weighted by Crippen LogP contribution is -2.48. The molecule has 1 aromatic carbocycles. The summed E-state index contributed by atoms with van der Waals surface area (Å²) in [5.74, 6) is -0.339. The predicted octanol–water partition coefficient (Wildman–Crippen LogP) is 3.85. The molecular weight excluding hydrogens is 426 g/mol. The Morgan fingerprint density at radius 1 is 1.19 bits per heavy atom. The zero-order chi connectivity index (χ0) is 22.8. The Balaban J connectivity index is 1.67. The smallest absolute Gasteiger partial charge is 0.338 e. The molecular formula is C24H29N3O4S. The van der Waals surface area contributed by atoms with Crippen LogP contribution in [0, 0.1) is 0 Å². The number of rotatable bonds is 5. The van der Waals surface area contributed by atoms with Gasteiger partial charge in [-0.05, 0) is 31.2 Å². The average Bonchev–Trinajstić information content (AvgIpc) is 3.19. The van der Waals surface area contributed by atoms with Crippen LogP contribution in [0.1, 0.15) is 45.2 Å². The third-order valence-electron chi connectivity index (χ3n) is 5.85. The molecule has 170 valence electrons. The normalized spacial score (nSPS) is 25.3. The highest BCUT2D eigenvalue weighted by atomic mass is 32.2. The molecule has 0 unspecified atom stereocenters. The minimum Gasteiger partial charge on any atom is -0.466 e. The first-order valence-corrected chi connectivity index (χ1v) is 11.8. The third kappa shape index (κ3) is 4.34. The lowest BCUT2D eigenvalue weighted by atomic mass is 9.93. The second-order valence-corrected chi connectivity index (χ2v) is 9.08. The summed E-state index contributed by atoms with van der Waals surface area (Å²) in [7, 11) is 1.39. The number of hydrogen-bond donors (Lipinski definition) is 0. The number of thioether (sulfide) groups is 1. The number of benzene rings is 1. The van der Waals surface area contributed by atoms with Crippen molar-refractivity contribution in [3.05, 3.63) is 58.3 Å². The summed E-state index contributed by atoms with van der Waals surface area (Å²) in [5.41, 5.74) is 3.05. The van der Waals surface area contributed by atoms with Crippen LogP contribution in [0.4, 0.5) is 0 Å². The van der Waals surface area contributed by atoms with Crippen molar-refractivity contribution in [3.63, 3.8) is 0 Å². The minimum atomic E-state index is -0.392. The highest BCUT2D eigenvalue weighted by molar-refractivity contribution is 8.16. The number of aliphatic imine (C=N–C) groups is 1. The van der Waals surface area contributed by atoms with Crippen molar-refractivity contribution >= 4 is 28.8 Å². The summed E-state index contributed by atoms with van der Waals surface area (Å²) < 4.78 is 10.9. The number of ether oxygens (including phenoxy) is 2. The Morgan fingerprint density at radius 2 is 1.88 bits per heavy atom. The molecule has 0 bridgehead atoms. The van der Waals surface area contributed by atoms with Gasteiger partial charge in [0.15, 0.2) is 5.17 Å². The number of hydrogen-bond acceptors (Lipinski definition) is 7. The molecule has 0 aromatic heterocycles. The molecule has 32 heavy (non-hydrogen) atoms. The molecule has 0 spiro atoms. The maximum atomic E-state index is 13.2. The number of nitrogens with zero attached hydrogens (tertiary/aromatic N) is 3. The molecule has 8 heteroatoms. The Labute approximate surface area is 193 Å². The molecule has 0 N–H and O–H groups in total. The Hall–Kier alpha value is -2.58. The van der Waals surface area contributed by atoms with Crippen LogP contribution in [0.3, 0.4) is 0 Å². The minimum absolute atomic E-state index is 0.0137. The number of allylic oxidation sites excluding steroid dienone is 1. The third-order valence-corrected chi connectivity index (χ3v) is 6.74. The molecule has 1 aromatic rings. The molecule has 1 amide bonds. The van der Waals surface area contributed by atoms with Crippen LogP contribution in [0.25, 0.3) is 0 Å². The number of morpholine rings is 1. The van der Waals surface area contributed by atoms with Gasteiger partial charge in [-0.2, -0.15) is 0 Å². The van der Waals surface area contributed by atoms with E-state index in [2.05, 4.69) is 0 Å². The summed E-state index contributed by atoms with van der Waals surface area (Å²) in [6.07, 6.45) is 0.883. The van der Waals surface area contributed by atoms with Gasteiger partial charge in [-0.25, -0.2) is 9.79 Å². The molecule has 4 rings (SSSR count). The Morgan fingerprint density at radius 3 is 2.50 bits per heavy atom. The Kier molecular flexibility index (Phi) is 6.71. The van der Waals surface area contributed by atoms with Gasteiger partial charge < -0.3 is 19.3 Å². The van der Waals surface area contributed by atoms with Crippen LogP contribution in [0.2, 0.25) is 0 Å². The number of amides is 1. The number of carbonyl (C=O) groups is 2. The molecule has 3 heterocycles. The first-order chi connectivity index (χ1) is 15.4. The fraction of sp³-hybridized carbons (Fsp3) is 0.458. The van der Waals surface area contributed by atoms with Crippen molar-refractivity contribution in [1.82, 2.24) is 9.80 Å². The Bertz CT molecular complexity index is 978. The van der Waals surface area contributed by atoms with Gasteiger partial charge in [-0.1, -0.05) is 49.0 Å². The van der Waals surface area contributed by atoms with E-state index in [0.29, 0.717) is 25.1 Å². The topological polar surface area (TPSA) is 71.4 Å². The molecule has 1 fully saturated rings. The summed E-state index contributed by atoms with van der Waals surface area (Å²) in [6.45, 7) is 7.13. The fourth-order valence-corrected chi connectivity index (χ4v) is 5.45. The SMILES string of the molecule is CCC1=C(C(=O)OC)[C@@H](c2ccccc2)N2C(CC(=O)N3C[C@@H](C)O[C@@H](C)C3)=CSC2=N1.